The van der Waals surface area contributed by atoms with Crippen LogP contribution in [0.2, 0.25) is 0 Å². The average Bonchev–Trinajstić information content (AvgIpc) is 3.43. The van der Waals surface area contributed by atoms with E-state index >= 15 is 0 Å². The molecule has 8 heteroatoms. The second-order valence-corrected chi connectivity index (χ2v) is 10.3. The summed E-state index contributed by atoms with van der Waals surface area (Å²) in [5.41, 5.74) is 1.60. The number of hydrogen-bond donors (Lipinski definition) is 1. The largest absolute Gasteiger partial charge is 0.480 e. The highest BCUT2D eigenvalue weighted by Gasteiger charge is 2.26. The summed E-state index contributed by atoms with van der Waals surface area (Å²) >= 11 is 0. The van der Waals surface area contributed by atoms with Crippen molar-refractivity contribution in [1.29, 1.82) is 0 Å². The smallest absolute Gasteiger partial charge is 0.224 e. The first-order valence-electron chi connectivity index (χ1n) is 13.9. The van der Waals surface area contributed by atoms with Crippen molar-refractivity contribution in [2.75, 3.05) is 33.8 Å². The number of likely N-dealkylation sites (tertiary alicyclic amines) is 1. The Morgan fingerprint density at radius 1 is 1.18 bits per heavy atom. The van der Waals surface area contributed by atoms with Crippen molar-refractivity contribution >= 4 is 22.6 Å². The zero-order chi connectivity index (χ0) is 26.9. The molecule has 204 valence electrons. The number of nitrogens with one attached hydrogen (secondary N) is 1. The van der Waals surface area contributed by atoms with Gasteiger partial charge in [-0.15, -0.1) is 0 Å². The predicted molar refractivity (Wildman–Crippen MR) is 148 cm³/mol. The third-order valence-corrected chi connectivity index (χ3v) is 7.54. The molecule has 38 heavy (non-hydrogen) atoms. The summed E-state index contributed by atoms with van der Waals surface area (Å²) < 4.78 is 11.8. The number of para-hydroxylation sites is 1. The van der Waals surface area contributed by atoms with E-state index in [2.05, 4.69) is 27.2 Å². The van der Waals surface area contributed by atoms with Crippen molar-refractivity contribution in [3.63, 3.8) is 0 Å². The van der Waals surface area contributed by atoms with Crippen LogP contribution < -0.4 is 10.1 Å². The maximum Gasteiger partial charge on any atom is 0.224 e. The molecule has 1 aliphatic rings. The Hall–Kier alpha value is -3.26. The molecule has 1 amide bonds. The molecule has 3 heterocycles. The van der Waals surface area contributed by atoms with Crippen LogP contribution in [0.1, 0.15) is 70.1 Å². The number of fused-ring (bicyclic) bond motifs is 1. The lowest BCUT2D eigenvalue weighted by atomic mass is 9.95. The molecule has 1 aliphatic heterocycles. The number of methoxy groups -OCH3 is 1. The van der Waals surface area contributed by atoms with Crippen molar-refractivity contribution < 1.29 is 18.7 Å². The Labute approximate surface area is 225 Å². The Morgan fingerprint density at radius 3 is 2.74 bits per heavy atom. The number of amides is 1. The van der Waals surface area contributed by atoms with Gasteiger partial charge in [0.25, 0.3) is 0 Å². The van der Waals surface area contributed by atoms with Crippen LogP contribution >= 0.6 is 0 Å². The van der Waals surface area contributed by atoms with Gasteiger partial charge in [-0.05, 0) is 58.0 Å². The highest BCUT2D eigenvalue weighted by molar-refractivity contribution is 5.85. The number of pyridine rings is 1. The third-order valence-electron chi connectivity index (χ3n) is 7.54. The number of nitrogens with zero attached hydrogens (tertiary/aromatic N) is 3. The van der Waals surface area contributed by atoms with Crippen LogP contribution in [0, 0.1) is 5.92 Å². The van der Waals surface area contributed by atoms with Gasteiger partial charge in [0.1, 0.15) is 5.78 Å². The molecule has 0 spiro atoms. The van der Waals surface area contributed by atoms with E-state index in [0.717, 1.165) is 68.1 Å². The van der Waals surface area contributed by atoms with Crippen molar-refractivity contribution in [2.45, 2.75) is 64.2 Å². The number of oxazole rings is 1. The van der Waals surface area contributed by atoms with E-state index in [1.165, 1.54) is 0 Å². The van der Waals surface area contributed by atoms with Gasteiger partial charge in [-0.3, -0.25) is 9.59 Å². The molecule has 1 atom stereocenters. The standard InChI is InChI=1S/C30H40N4O4/c1-4-24(35)12-7-5-6-11-23(19-31-28(36)21-14-16-34(2)17-15-21)29-32-20-27(38-29)25-18-22-10-8-9-13-26(22)33-30(25)37-3/h8-10,13,18,20-21,23H,4-7,11-12,14-17,19H2,1-3H3,(H,31,36). The number of rotatable bonds is 13. The number of aromatic nitrogens is 2. The fraction of sp³-hybridized carbons (Fsp3) is 0.533. The first kappa shape index (κ1) is 27.8. The maximum absolute atomic E-state index is 12.9. The lowest BCUT2D eigenvalue weighted by molar-refractivity contribution is -0.126. The van der Waals surface area contributed by atoms with Crippen LogP contribution in [0.25, 0.3) is 22.2 Å². The molecule has 0 radical (unpaired) electrons. The second-order valence-electron chi connectivity index (χ2n) is 10.3. The molecule has 0 saturated carbocycles. The van der Waals surface area contributed by atoms with Crippen LogP contribution in [0.5, 0.6) is 5.88 Å². The summed E-state index contributed by atoms with van der Waals surface area (Å²) in [7, 11) is 3.70. The number of benzene rings is 1. The molecule has 0 bridgehead atoms. The van der Waals surface area contributed by atoms with E-state index in [0.29, 0.717) is 42.7 Å². The number of carbonyl (C=O) groups is 2. The van der Waals surface area contributed by atoms with Crippen molar-refractivity contribution in [3.05, 3.63) is 42.4 Å². The number of unbranched alkanes of at least 4 members (excludes halogenated alkanes) is 2. The van der Waals surface area contributed by atoms with Gasteiger partial charge in [0.15, 0.2) is 11.7 Å². The first-order valence-corrected chi connectivity index (χ1v) is 13.9. The quantitative estimate of drug-likeness (QED) is 0.303. The Kier molecular flexibility index (Phi) is 9.87. The monoisotopic (exact) mass is 520 g/mol. The molecule has 2 aromatic heterocycles. The van der Waals surface area contributed by atoms with Gasteiger partial charge in [0, 0.05) is 30.7 Å². The molecule has 1 fully saturated rings. The summed E-state index contributed by atoms with van der Waals surface area (Å²) in [5, 5.41) is 4.17. The van der Waals surface area contributed by atoms with Gasteiger partial charge in [-0.2, -0.15) is 0 Å². The normalized spacial score (nSPS) is 15.4. The summed E-state index contributed by atoms with van der Waals surface area (Å²) in [4.78, 5) is 36.1. The number of carbonyl (C=O) groups excluding carboxylic acids is 2. The van der Waals surface area contributed by atoms with Crippen LogP contribution in [0.4, 0.5) is 0 Å². The van der Waals surface area contributed by atoms with Crippen molar-refractivity contribution in [2.24, 2.45) is 5.92 Å². The van der Waals surface area contributed by atoms with E-state index in [9.17, 15) is 9.59 Å². The first-order chi connectivity index (χ1) is 18.5. The van der Waals surface area contributed by atoms with Gasteiger partial charge >= 0.3 is 0 Å². The fourth-order valence-corrected chi connectivity index (χ4v) is 5.05. The Morgan fingerprint density at radius 2 is 1.97 bits per heavy atom. The molecule has 1 aromatic carbocycles. The van der Waals surface area contributed by atoms with Gasteiger partial charge < -0.3 is 19.4 Å². The molecule has 4 rings (SSSR count). The summed E-state index contributed by atoms with van der Waals surface area (Å²) in [6, 6.07) is 9.89. The Bertz CT molecular complexity index is 1220. The summed E-state index contributed by atoms with van der Waals surface area (Å²) in [5.74, 6) is 2.10. The lowest BCUT2D eigenvalue weighted by Gasteiger charge is -2.28. The second kappa shape index (κ2) is 13.5. The zero-order valence-electron chi connectivity index (χ0n) is 22.9. The number of ether oxygens (including phenoxy) is 1. The molecule has 1 saturated heterocycles. The molecular formula is C30H40N4O4. The van der Waals surface area contributed by atoms with Crippen molar-refractivity contribution in [1.82, 2.24) is 20.2 Å². The van der Waals surface area contributed by atoms with E-state index in [1.54, 1.807) is 13.3 Å². The molecule has 3 aromatic rings. The molecule has 8 nitrogen and oxygen atoms in total. The van der Waals surface area contributed by atoms with E-state index in [4.69, 9.17) is 9.15 Å². The topological polar surface area (TPSA) is 97.6 Å². The number of piperidine rings is 1. The minimum atomic E-state index is -0.0553. The average molecular weight is 521 g/mol. The van der Waals surface area contributed by atoms with E-state index in [-0.39, 0.29) is 17.7 Å². The minimum Gasteiger partial charge on any atom is -0.480 e. The molecule has 1 N–H and O–H groups in total. The van der Waals surface area contributed by atoms with Crippen LogP contribution in [0.3, 0.4) is 0 Å². The van der Waals surface area contributed by atoms with Gasteiger partial charge in [0.2, 0.25) is 11.8 Å². The molecular weight excluding hydrogens is 480 g/mol. The Balaban J connectivity index is 1.47. The maximum atomic E-state index is 12.9. The van der Waals surface area contributed by atoms with Gasteiger partial charge in [0.05, 0.1) is 30.3 Å². The minimum absolute atomic E-state index is 0.0553. The van der Waals surface area contributed by atoms with Crippen molar-refractivity contribution in [3.8, 4) is 17.2 Å². The number of Topliss-reactive ketones (excluding diaryl/α,β-unsaturated/α-hetero) is 1. The van der Waals surface area contributed by atoms with E-state index in [1.807, 2.05) is 37.3 Å². The summed E-state index contributed by atoms with van der Waals surface area (Å²) in [6.07, 6.45) is 8.32. The molecule has 0 aliphatic carbocycles. The fourth-order valence-electron chi connectivity index (χ4n) is 5.05. The number of hydrogen-bond acceptors (Lipinski definition) is 7. The van der Waals surface area contributed by atoms with Gasteiger partial charge in [-0.25, -0.2) is 9.97 Å². The zero-order valence-corrected chi connectivity index (χ0v) is 22.9. The van der Waals surface area contributed by atoms with Crippen LogP contribution in [0.15, 0.2) is 40.9 Å². The van der Waals surface area contributed by atoms with Crippen LogP contribution in [-0.4, -0.2) is 60.4 Å². The van der Waals surface area contributed by atoms with Gasteiger partial charge in [-0.1, -0.05) is 38.0 Å². The SMILES string of the molecule is CCC(=O)CCCCCC(CNC(=O)C1CCN(C)CC1)c1ncc(-c2cc3ccccc3nc2OC)o1. The highest BCUT2D eigenvalue weighted by Crippen LogP contribution is 2.34. The lowest BCUT2D eigenvalue weighted by Crippen LogP contribution is -2.40. The van der Waals surface area contributed by atoms with Crippen LogP contribution in [-0.2, 0) is 9.59 Å². The van der Waals surface area contributed by atoms with E-state index < -0.39 is 0 Å². The number of ketones is 1. The molecule has 1 unspecified atom stereocenters. The highest BCUT2D eigenvalue weighted by atomic mass is 16.5. The predicted octanol–water partition coefficient (Wildman–Crippen LogP) is 5.37. The summed E-state index contributed by atoms with van der Waals surface area (Å²) in [6.45, 7) is 4.28. The third kappa shape index (κ3) is 7.19.